The van der Waals surface area contributed by atoms with E-state index in [4.69, 9.17) is 4.42 Å². The van der Waals surface area contributed by atoms with Crippen LogP contribution in [0.2, 0.25) is 0 Å². The van der Waals surface area contributed by atoms with Crippen LogP contribution >= 0.6 is 11.8 Å². The van der Waals surface area contributed by atoms with E-state index < -0.39 is 23.6 Å². The molecule has 2 aromatic rings. The zero-order chi connectivity index (χ0) is 19.9. The summed E-state index contributed by atoms with van der Waals surface area (Å²) in [6.07, 6.45) is -1.48. The average Bonchev–Trinajstić information content (AvgIpc) is 3.14. The highest BCUT2D eigenvalue weighted by molar-refractivity contribution is 7.99. The van der Waals surface area contributed by atoms with Gasteiger partial charge in [-0.1, -0.05) is 13.3 Å². The number of amides is 2. The van der Waals surface area contributed by atoms with Crippen molar-refractivity contribution >= 4 is 35.0 Å². The van der Waals surface area contributed by atoms with Crippen molar-refractivity contribution in [2.24, 2.45) is 0 Å². The lowest BCUT2D eigenvalue weighted by atomic mass is 10.1. The molecule has 9 heteroatoms. The Labute approximate surface area is 158 Å². The summed E-state index contributed by atoms with van der Waals surface area (Å²) in [5, 5.41) is 4.63. The Morgan fingerprint density at radius 2 is 1.96 bits per heavy atom. The molecule has 0 spiro atoms. The van der Waals surface area contributed by atoms with Crippen LogP contribution in [0.1, 0.15) is 35.9 Å². The van der Waals surface area contributed by atoms with Gasteiger partial charge in [0.1, 0.15) is 0 Å². The number of nitrogens with one attached hydrogen (secondary N) is 2. The van der Waals surface area contributed by atoms with E-state index in [1.54, 1.807) is 0 Å². The second-order valence-electron chi connectivity index (χ2n) is 5.64. The molecule has 2 amide bonds. The SMILES string of the molecule is CCCCSCC(=O)Nc1ccc(NC(=O)c2ccco2)cc1C(F)(F)F. The third-order valence-corrected chi connectivity index (χ3v) is 4.52. The molecule has 0 radical (unpaired) electrons. The molecule has 1 aromatic heterocycles. The van der Waals surface area contributed by atoms with Gasteiger partial charge in [-0.2, -0.15) is 24.9 Å². The number of alkyl halides is 3. The molecular weight excluding hydrogens is 381 g/mol. The number of rotatable bonds is 8. The van der Waals surface area contributed by atoms with Gasteiger partial charge in [0.25, 0.3) is 5.91 Å². The minimum absolute atomic E-state index is 0.0231. The molecule has 0 saturated carbocycles. The molecule has 0 aliphatic carbocycles. The highest BCUT2D eigenvalue weighted by Gasteiger charge is 2.34. The van der Waals surface area contributed by atoms with E-state index in [1.165, 1.54) is 36.2 Å². The molecule has 5 nitrogen and oxygen atoms in total. The summed E-state index contributed by atoms with van der Waals surface area (Å²) in [6.45, 7) is 2.02. The van der Waals surface area contributed by atoms with Crippen molar-refractivity contribution < 1.29 is 27.2 Å². The number of thioether (sulfide) groups is 1. The number of hydrogen-bond donors (Lipinski definition) is 2. The fraction of sp³-hybridized carbons (Fsp3) is 0.333. The lowest BCUT2D eigenvalue weighted by Crippen LogP contribution is -2.19. The maximum atomic E-state index is 13.4. The van der Waals surface area contributed by atoms with E-state index >= 15 is 0 Å². The maximum absolute atomic E-state index is 13.4. The highest BCUT2D eigenvalue weighted by Crippen LogP contribution is 2.36. The van der Waals surface area contributed by atoms with E-state index in [0.717, 1.165) is 30.7 Å². The summed E-state index contributed by atoms with van der Waals surface area (Å²) in [6, 6.07) is 6.07. The van der Waals surface area contributed by atoms with Crippen LogP contribution in [0.5, 0.6) is 0 Å². The van der Waals surface area contributed by atoms with Crippen molar-refractivity contribution in [3.63, 3.8) is 0 Å². The molecule has 2 N–H and O–H groups in total. The summed E-state index contributed by atoms with van der Waals surface area (Å²) in [5.74, 6) is -0.349. The van der Waals surface area contributed by atoms with Gasteiger partial charge in [-0.05, 0) is 42.5 Å². The molecule has 0 atom stereocenters. The monoisotopic (exact) mass is 400 g/mol. The Morgan fingerprint density at radius 3 is 2.59 bits per heavy atom. The molecular formula is C18H19F3N2O3S. The van der Waals surface area contributed by atoms with Crippen molar-refractivity contribution in [3.8, 4) is 0 Å². The van der Waals surface area contributed by atoms with Gasteiger partial charge in [0.05, 0.1) is 23.3 Å². The van der Waals surface area contributed by atoms with Crippen LogP contribution in [0, 0.1) is 0 Å². The van der Waals surface area contributed by atoms with Crippen molar-refractivity contribution in [2.45, 2.75) is 25.9 Å². The molecule has 0 aliphatic rings. The molecule has 0 unspecified atom stereocenters. The van der Waals surface area contributed by atoms with E-state index in [-0.39, 0.29) is 22.9 Å². The molecule has 27 heavy (non-hydrogen) atoms. The zero-order valence-electron chi connectivity index (χ0n) is 14.6. The number of hydrogen-bond acceptors (Lipinski definition) is 4. The van der Waals surface area contributed by atoms with Crippen LogP contribution in [0.15, 0.2) is 41.0 Å². The van der Waals surface area contributed by atoms with Gasteiger partial charge in [0.15, 0.2) is 5.76 Å². The Bertz CT molecular complexity index is 777. The van der Waals surface area contributed by atoms with Gasteiger partial charge >= 0.3 is 6.18 Å². The summed E-state index contributed by atoms with van der Waals surface area (Å²) < 4.78 is 45.0. The highest BCUT2D eigenvalue weighted by atomic mass is 32.2. The number of anilines is 2. The van der Waals surface area contributed by atoms with Gasteiger partial charge in [-0.25, -0.2) is 0 Å². The number of unbranched alkanes of at least 4 members (excludes halogenated alkanes) is 1. The first-order valence-corrected chi connectivity index (χ1v) is 9.40. The summed E-state index contributed by atoms with van der Waals surface area (Å²) >= 11 is 1.37. The Balaban J connectivity index is 2.11. The Morgan fingerprint density at radius 1 is 1.19 bits per heavy atom. The lowest BCUT2D eigenvalue weighted by Gasteiger charge is -2.15. The smallest absolute Gasteiger partial charge is 0.418 e. The topological polar surface area (TPSA) is 71.3 Å². The Kier molecular flexibility index (Phi) is 7.35. The fourth-order valence-electron chi connectivity index (χ4n) is 2.16. The van der Waals surface area contributed by atoms with Gasteiger partial charge in [-0.3, -0.25) is 9.59 Å². The third-order valence-electron chi connectivity index (χ3n) is 3.48. The predicted octanol–water partition coefficient (Wildman–Crippen LogP) is 5.02. The van der Waals surface area contributed by atoms with E-state index in [9.17, 15) is 22.8 Å². The van der Waals surface area contributed by atoms with Crippen molar-refractivity contribution in [2.75, 3.05) is 22.1 Å². The minimum Gasteiger partial charge on any atom is -0.459 e. The van der Waals surface area contributed by atoms with Gasteiger partial charge in [-0.15, -0.1) is 0 Å². The largest absolute Gasteiger partial charge is 0.459 e. The van der Waals surface area contributed by atoms with Crippen molar-refractivity contribution in [1.29, 1.82) is 0 Å². The van der Waals surface area contributed by atoms with Crippen LogP contribution < -0.4 is 10.6 Å². The molecule has 0 aliphatic heterocycles. The van der Waals surface area contributed by atoms with E-state index in [1.807, 2.05) is 6.92 Å². The molecule has 1 aromatic carbocycles. The number of halogens is 3. The first-order chi connectivity index (χ1) is 12.8. The number of carbonyl (C=O) groups excluding carboxylic acids is 2. The van der Waals surface area contributed by atoms with Crippen LogP contribution in [0.25, 0.3) is 0 Å². The van der Waals surface area contributed by atoms with E-state index in [2.05, 4.69) is 10.6 Å². The summed E-state index contributed by atoms with van der Waals surface area (Å²) in [4.78, 5) is 23.8. The minimum atomic E-state index is -4.69. The third kappa shape index (κ3) is 6.35. The van der Waals surface area contributed by atoms with Gasteiger partial charge in [0, 0.05) is 5.69 Å². The number of carbonyl (C=O) groups is 2. The molecule has 0 bridgehead atoms. The average molecular weight is 400 g/mol. The summed E-state index contributed by atoms with van der Waals surface area (Å²) in [7, 11) is 0. The first kappa shape index (κ1) is 20.9. The standard InChI is InChI=1S/C18H19F3N2O3S/c1-2-3-9-27-11-16(24)23-14-7-6-12(10-13(14)18(19,20)21)22-17(25)15-5-4-8-26-15/h4-8,10H,2-3,9,11H2,1H3,(H,22,25)(H,23,24). The quantitative estimate of drug-likeness (QED) is 0.610. The molecule has 2 rings (SSSR count). The van der Waals surface area contributed by atoms with Crippen LogP contribution in [-0.2, 0) is 11.0 Å². The zero-order valence-corrected chi connectivity index (χ0v) is 15.4. The number of benzene rings is 1. The molecule has 0 saturated heterocycles. The van der Waals surface area contributed by atoms with Crippen LogP contribution in [0.4, 0.5) is 24.5 Å². The molecule has 146 valence electrons. The Hall–Kier alpha value is -2.42. The second kappa shape index (κ2) is 9.50. The first-order valence-electron chi connectivity index (χ1n) is 8.25. The predicted molar refractivity (Wildman–Crippen MR) is 99.0 cm³/mol. The van der Waals surface area contributed by atoms with Gasteiger partial charge < -0.3 is 15.1 Å². The van der Waals surface area contributed by atoms with Crippen molar-refractivity contribution in [1.82, 2.24) is 0 Å². The number of furan rings is 1. The fourth-order valence-corrected chi connectivity index (χ4v) is 3.06. The lowest BCUT2D eigenvalue weighted by molar-refractivity contribution is -0.136. The van der Waals surface area contributed by atoms with Crippen LogP contribution in [-0.4, -0.2) is 23.3 Å². The van der Waals surface area contributed by atoms with Crippen LogP contribution in [0.3, 0.4) is 0 Å². The van der Waals surface area contributed by atoms with Crippen molar-refractivity contribution in [3.05, 3.63) is 47.9 Å². The van der Waals surface area contributed by atoms with Gasteiger partial charge in [0.2, 0.25) is 5.91 Å². The summed E-state index contributed by atoms with van der Waals surface area (Å²) in [5.41, 5.74) is -1.44. The molecule has 1 heterocycles. The molecule has 0 fully saturated rings. The maximum Gasteiger partial charge on any atom is 0.418 e. The second-order valence-corrected chi connectivity index (χ2v) is 6.75. The normalized spacial score (nSPS) is 11.3. The van der Waals surface area contributed by atoms with E-state index in [0.29, 0.717) is 0 Å².